The lowest BCUT2D eigenvalue weighted by atomic mass is 9.84. The van der Waals surface area contributed by atoms with Gasteiger partial charge in [0, 0.05) is 0 Å². The summed E-state index contributed by atoms with van der Waals surface area (Å²) in [6, 6.07) is -0.492. The van der Waals surface area contributed by atoms with E-state index in [9.17, 15) is 14.5 Å². The number of hydrogen-bond donors (Lipinski definition) is 2. The monoisotopic (exact) mass is 335 g/mol. The second-order valence-electron chi connectivity index (χ2n) is 6.54. The van der Waals surface area contributed by atoms with E-state index in [1.54, 1.807) is 13.8 Å². The molecule has 0 aromatic carbocycles. The van der Waals surface area contributed by atoms with E-state index in [-0.39, 0.29) is 0 Å². The van der Waals surface area contributed by atoms with Gasteiger partial charge in [-0.2, -0.15) is 0 Å². The highest BCUT2D eigenvalue weighted by Gasteiger charge is 2.52. The van der Waals surface area contributed by atoms with Gasteiger partial charge in [0.25, 0.3) is 0 Å². The largest absolute Gasteiger partial charge is 0.465 e. The SMILES string of the molecule is CC1(C)OC([PH](=O)OCO)[C@H](CC2CCCCC2)N1C(=O)O. The fraction of sp³-hybridized carbons (Fsp3) is 0.929. The van der Waals surface area contributed by atoms with Gasteiger partial charge in [0.15, 0.2) is 12.6 Å². The molecule has 8 heteroatoms. The quantitative estimate of drug-likeness (QED) is 0.592. The Labute approximate surface area is 131 Å². The van der Waals surface area contributed by atoms with Crippen molar-refractivity contribution in [2.75, 3.05) is 6.79 Å². The predicted octanol–water partition coefficient (Wildman–Crippen LogP) is 2.84. The van der Waals surface area contributed by atoms with Crippen molar-refractivity contribution in [3.8, 4) is 0 Å². The number of aliphatic hydroxyl groups is 1. The number of ether oxygens (including phenoxy) is 1. The van der Waals surface area contributed by atoms with Crippen molar-refractivity contribution in [2.45, 2.75) is 70.0 Å². The molecule has 1 saturated carbocycles. The van der Waals surface area contributed by atoms with Crippen molar-refractivity contribution in [1.29, 1.82) is 0 Å². The molecule has 1 aliphatic heterocycles. The maximum Gasteiger partial charge on any atom is 0.409 e. The van der Waals surface area contributed by atoms with Crippen molar-refractivity contribution in [1.82, 2.24) is 4.90 Å². The molecule has 128 valence electrons. The molecule has 22 heavy (non-hydrogen) atoms. The van der Waals surface area contributed by atoms with Gasteiger partial charge in [0.1, 0.15) is 5.72 Å². The molecule has 2 rings (SSSR count). The lowest BCUT2D eigenvalue weighted by Crippen LogP contribution is -2.48. The molecule has 1 aliphatic carbocycles. The third-order valence-electron chi connectivity index (χ3n) is 4.62. The van der Waals surface area contributed by atoms with Crippen LogP contribution < -0.4 is 0 Å². The molecular formula is C14H26NO6P. The van der Waals surface area contributed by atoms with Gasteiger partial charge in [-0.3, -0.25) is 9.46 Å². The van der Waals surface area contributed by atoms with Gasteiger partial charge in [0.05, 0.1) is 6.04 Å². The molecule has 0 aromatic heterocycles. The first-order chi connectivity index (χ1) is 10.4. The van der Waals surface area contributed by atoms with Crippen LogP contribution in [-0.4, -0.2) is 45.6 Å². The van der Waals surface area contributed by atoms with Crippen LogP contribution in [0, 0.1) is 5.92 Å². The van der Waals surface area contributed by atoms with Gasteiger partial charge in [-0.25, -0.2) is 4.79 Å². The predicted molar refractivity (Wildman–Crippen MR) is 81.0 cm³/mol. The molecule has 1 saturated heterocycles. The number of nitrogens with zero attached hydrogens (tertiary/aromatic N) is 1. The van der Waals surface area contributed by atoms with E-state index >= 15 is 0 Å². The zero-order chi connectivity index (χ0) is 16.3. The summed E-state index contributed by atoms with van der Waals surface area (Å²) in [5, 5.41) is 18.4. The molecule has 2 N–H and O–H groups in total. The molecule has 2 unspecified atom stereocenters. The van der Waals surface area contributed by atoms with Gasteiger partial charge >= 0.3 is 6.09 Å². The van der Waals surface area contributed by atoms with E-state index in [0.29, 0.717) is 12.3 Å². The Hall–Kier alpha value is -0.620. The Balaban J connectivity index is 2.19. The first-order valence-electron chi connectivity index (χ1n) is 7.84. The number of amides is 1. The van der Waals surface area contributed by atoms with Crippen LogP contribution in [-0.2, 0) is 13.8 Å². The first kappa shape index (κ1) is 17.7. The summed E-state index contributed by atoms with van der Waals surface area (Å²) >= 11 is 0. The van der Waals surface area contributed by atoms with Crippen LogP contribution >= 0.6 is 8.03 Å². The van der Waals surface area contributed by atoms with Crippen LogP contribution in [0.25, 0.3) is 0 Å². The summed E-state index contributed by atoms with van der Waals surface area (Å²) in [5.74, 6) is -0.380. The number of carboxylic acid groups (broad SMARTS) is 1. The molecule has 2 fully saturated rings. The Morgan fingerprint density at radius 1 is 1.36 bits per heavy atom. The molecule has 1 heterocycles. The third-order valence-corrected chi connectivity index (χ3v) is 6.00. The lowest BCUT2D eigenvalue weighted by molar-refractivity contribution is -0.0529. The van der Waals surface area contributed by atoms with E-state index < -0.39 is 38.5 Å². The van der Waals surface area contributed by atoms with Crippen molar-refractivity contribution in [3.05, 3.63) is 0 Å². The Morgan fingerprint density at radius 3 is 2.55 bits per heavy atom. The van der Waals surface area contributed by atoms with Crippen molar-refractivity contribution < 1.29 is 28.8 Å². The summed E-state index contributed by atoms with van der Waals surface area (Å²) in [6.45, 7) is 2.66. The van der Waals surface area contributed by atoms with Gasteiger partial charge < -0.3 is 19.5 Å². The van der Waals surface area contributed by atoms with E-state index in [1.165, 1.54) is 11.3 Å². The van der Waals surface area contributed by atoms with Crippen LogP contribution in [0.5, 0.6) is 0 Å². The van der Waals surface area contributed by atoms with E-state index in [1.807, 2.05) is 0 Å². The standard InChI is InChI=1S/C14H26NO6P/c1-14(2)15(13(17)18)11(8-10-6-4-3-5-7-10)12(21-14)22(19)20-9-16/h10-12,16,22H,3-9H2,1-2H3,(H,17,18)/t11-,12?/m0/s1. The number of carbonyl (C=O) groups is 1. The lowest BCUT2D eigenvalue weighted by Gasteiger charge is -2.33. The van der Waals surface area contributed by atoms with E-state index in [0.717, 1.165) is 25.7 Å². The highest BCUT2D eigenvalue weighted by Crippen LogP contribution is 2.47. The summed E-state index contributed by atoms with van der Waals surface area (Å²) < 4.78 is 22.8. The second-order valence-corrected chi connectivity index (χ2v) is 8.03. The maximum atomic E-state index is 12.2. The maximum absolute atomic E-state index is 12.2. The molecule has 1 amide bonds. The molecule has 0 aromatic rings. The van der Waals surface area contributed by atoms with Crippen molar-refractivity contribution in [2.24, 2.45) is 5.92 Å². The fourth-order valence-electron chi connectivity index (χ4n) is 3.70. The van der Waals surface area contributed by atoms with Gasteiger partial charge in [-0.05, 0) is 26.2 Å². The molecule has 7 nitrogen and oxygen atoms in total. The summed E-state index contributed by atoms with van der Waals surface area (Å²) in [6.07, 6.45) is 5.22. The molecule has 3 atom stereocenters. The van der Waals surface area contributed by atoms with Crippen LogP contribution in [0.3, 0.4) is 0 Å². The third kappa shape index (κ3) is 3.82. The van der Waals surface area contributed by atoms with Crippen LogP contribution in [0.1, 0.15) is 52.4 Å². The van der Waals surface area contributed by atoms with Crippen LogP contribution in [0.2, 0.25) is 0 Å². The smallest absolute Gasteiger partial charge is 0.409 e. The van der Waals surface area contributed by atoms with Crippen LogP contribution in [0.4, 0.5) is 4.79 Å². The highest BCUT2D eigenvalue weighted by atomic mass is 31.1. The molecule has 2 aliphatic rings. The first-order valence-corrected chi connectivity index (χ1v) is 9.23. The molecular weight excluding hydrogens is 309 g/mol. The minimum Gasteiger partial charge on any atom is -0.465 e. The summed E-state index contributed by atoms with van der Waals surface area (Å²) in [4.78, 5) is 12.9. The van der Waals surface area contributed by atoms with Gasteiger partial charge in [-0.15, -0.1) is 0 Å². The average Bonchev–Trinajstić information content (AvgIpc) is 2.71. The zero-order valence-electron chi connectivity index (χ0n) is 13.2. The fourth-order valence-corrected chi connectivity index (χ4v) is 4.97. The van der Waals surface area contributed by atoms with Crippen molar-refractivity contribution in [3.63, 3.8) is 0 Å². The number of hydrogen-bond acceptors (Lipinski definition) is 5. The number of aliphatic hydroxyl groups excluding tert-OH is 1. The molecule has 0 spiro atoms. The van der Waals surface area contributed by atoms with Gasteiger partial charge in [-0.1, -0.05) is 32.1 Å². The minimum absolute atomic E-state index is 0.421. The average molecular weight is 335 g/mol. The molecule has 0 bridgehead atoms. The van der Waals surface area contributed by atoms with Crippen molar-refractivity contribution >= 4 is 14.1 Å². The summed E-state index contributed by atoms with van der Waals surface area (Å²) in [7, 11) is -2.68. The number of rotatable bonds is 5. The second kappa shape index (κ2) is 7.30. The highest BCUT2D eigenvalue weighted by molar-refractivity contribution is 7.39. The Morgan fingerprint density at radius 2 is 2.00 bits per heavy atom. The molecule has 0 radical (unpaired) electrons. The zero-order valence-corrected chi connectivity index (χ0v) is 14.2. The van der Waals surface area contributed by atoms with Crippen LogP contribution in [0.15, 0.2) is 0 Å². The topological polar surface area (TPSA) is 96.3 Å². The normalized spacial score (nSPS) is 30.4. The Bertz CT molecular complexity index is 424. The van der Waals surface area contributed by atoms with Gasteiger partial charge in [0.2, 0.25) is 8.03 Å². The Kier molecular flexibility index (Phi) is 5.88. The minimum atomic E-state index is -2.68. The summed E-state index contributed by atoms with van der Waals surface area (Å²) in [5.41, 5.74) is -1.05. The van der Waals surface area contributed by atoms with E-state index in [2.05, 4.69) is 0 Å². The van der Waals surface area contributed by atoms with E-state index in [4.69, 9.17) is 14.4 Å².